The first kappa shape index (κ1) is 21.8. The number of aromatic nitrogens is 1. The Morgan fingerprint density at radius 3 is 2.58 bits per heavy atom. The maximum Gasteiger partial charge on any atom is 0.238 e. The van der Waals surface area contributed by atoms with Gasteiger partial charge in [-0.3, -0.25) is 10.3 Å². The molecule has 9 heteroatoms. The average Bonchev–Trinajstić information content (AvgIpc) is 3.33. The Bertz CT molecular complexity index is 1460. The Hall–Kier alpha value is -3.07. The first-order chi connectivity index (χ1) is 15.4. The third-order valence-corrected chi connectivity index (χ3v) is 8.89. The van der Waals surface area contributed by atoms with E-state index in [0.29, 0.717) is 16.8 Å². The Labute approximate surface area is 194 Å². The molecular weight excluding hydrogens is 441 g/mol. The summed E-state index contributed by atoms with van der Waals surface area (Å²) in [5.74, 6) is 0.387. The summed E-state index contributed by atoms with van der Waals surface area (Å²) in [5.41, 5.74) is 6.27. The number of benzene rings is 2. The Balaban J connectivity index is 0.00000274. The van der Waals surface area contributed by atoms with Crippen molar-refractivity contribution in [1.82, 2.24) is 9.40 Å². The number of halogens is 1. The molecule has 0 saturated heterocycles. The van der Waals surface area contributed by atoms with E-state index in [1.54, 1.807) is 25.3 Å². The molecule has 5 rings (SSSR count). The summed E-state index contributed by atoms with van der Waals surface area (Å²) < 4.78 is 42.1. The van der Waals surface area contributed by atoms with E-state index in [-0.39, 0.29) is 13.0 Å². The monoisotopic (exact) mass is 471 g/mol. The van der Waals surface area contributed by atoms with E-state index in [1.807, 2.05) is 46.8 Å². The van der Waals surface area contributed by atoms with Crippen molar-refractivity contribution in [2.45, 2.75) is 52.7 Å². The molecule has 0 radical (unpaired) electrons. The molecule has 0 bridgehead atoms. The maximum atomic E-state index is 15.6. The first-order valence-corrected chi connectivity index (χ1v) is 12.6. The highest BCUT2D eigenvalue weighted by Gasteiger charge is 2.55. The minimum atomic E-state index is -3.45. The van der Waals surface area contributed by atoms with Gasteiger partial charge >= 0.3 is 0 Å². The molecule has 33 heavy (non-hydrogen) atoms. The molecule has 0 aliphatic carbocycles. The number of rotatable bonds is 3. The highest BCUT2D eigenvalue weighted by Crippen LogP contribution is 2.50. The SMILES string of the molecule is CCS(=O)(=O)n1ccc2c(-c3cc(F)c4c(c3C)N3C(C)=NNC3(C)C(C)(C)N4)cccc21.[HH]. The number of nitrogens with zero attached hydrogens (tertiary/aromatic N) is 3. The fraction of sp³-hybridized carbons (Fsp3) is 0.375. The van der Waals surface area contributed by atoms with Crippen LogP contribution in [0.15, 0.2) is 41.6 Å². The quantitative estimate of drug-likeness (QED) is 0.570. The lowest BCUT2D eigenvalue weighted by Gasteiger charge is -2.53. The number of hydrogen-bond acceptors (Lipinski definition) is 6. The van der Waals surface area contributed by atoms with Crippen molar-refractivity contribution >= 4 is 38.1 Å². The van der Waals surface area contributed by atoms with Crippen molar-refractivity contribution in [3.8, 4) is 11.1 Å². The van der Waals surface area contributed by atoms with Gasteiger partial charge in [-0.15, -0.1) is 0 Å². The number of hydrogen-bond donors (Lipinski definition) is 2. The molecule has 7 nitrogen and oxygen atoms in total. The van der Waals surface area contributed by atoms with Crippen molar-refractivity contribution in [3.63, 3.8) is 0 Å². The van der Waals surface area contributed by atoms with Crippen LogP contribution in [0.1, 0.15) is 41.6 Å². The van der Waals surface area contributed by atoms with E-state index < -0.39 is 21.2 Å². The van der Waals surface area contributed by atoms with Crippen LogP contribution in [0.4, 0.5) is 15.8 Å². The van der Waals surface area contributed by atoms with Crippen LogP contribution in [0, 0.1) is 12.7 Å². The van der Waals surface area contributed by atoms with E-state index in [0.717, 1.165) is 28.0 Å². The fourth-order valence-electron chi connectivity index (χ4n) is 5.03. The zero-order valence-electron chi connectivity index (χ0n) is 19.6. The highest BCUT2D eigenvalue weighted by atomic mass is 32.2. The molecule has 2 aromatic carbocycles. The standard InChI is InChI=1S/C24H28FN5O2S.H2/c1-7-33(31,32)29-12-11-17-16(9-8-10-20(17)29)18-13-19(25)21-22(14(18)2)30-15(3)27-28-24(30,6)23(4,5)26-21;/h8-13,26,28H,7H2,1-6H3;1H. The van der Waals surface area contributed by atoms with E-state index in [9.17, 15) is 8.42 Å². The predicted molar refractivity (Wildman–Crippen MR) is 134 cm³/mol. The second-order valence-corrected chi connectivity index (χ2v) is 11.6. The summed E-state index contributed by atoms with van der Waals surface area (Å²) in [6.07, 6.45) is 1.57. The lowest BCUT2D eigenvalue weighted by molar-refractivity contribution is 0.261. The first-order valence-electron chi connectivity index (χ1n) is 11.0. The van der Waals surface area contributed by atoms with Crippen LogP contribution < -0.4 is 15.6 Å². The number of amidine groups is 1. The third-order valence-electron chi connectivity index (χ3n) is 7.24. The lowest BCUT2D eigenvalue weighted by Crippen LogP contribution is -2.70. The van der Waals surface area contributed by atoms with Gasteiger partial charge in [-0.05, 0) is 76.4 Å². The Kier molecular flexibility index (Phi) is 4.43. The summed E-state index contributed by atoms with van der Waals surface area (Å²) in [6, 6.07) is 8.81. The fourth-order valence-corrected chi connectivity index (χ4v) is 6.01. The van der Waals surface area contributed by atoms with Gasteiger partial charge in [-0.1, -0.05) is 12.1 Å². The molecule has 1 aromatic heterocycles. The normalized spacial score (nSPS) is 21.3. The Morgan fingerprint density at radius 2 is 1.88 bits per heavy atom. The number of nitrogens with one attached hydrogen (secondary N) is 2. The maximum absolute atomic E-state index is 15.6. The molecule has 2 aliphatic rings. The third kappa shape index (κ3) is 2.78. The van der Waals surface area contributed by atoms with Gasteiger partial charge in [-0.25, -0.2) is 16.8 Å². The van der Waals surface area contributed by atoms with Gasteiger partial charge in [0, 0.05) is 13.0 Å². The number of anilines is 2. The number of fused-ring (bicyclic) bond motifs is 4. The molecule has 2 N–H and O–H groups in total. The van der Waals surface area contributed by atoms with Gasteiger partial charge in [0.25, 0.3) is 0 Å². The summed E-state index contributed by atoms with van der Waals surface area (Å²) in [4.78, 5) is 2.06. The zero-order chi connectivity index (χ0) is 23.9. The minimum absolute atomic E-state index is 0. The van der Waals surface area contributed by atoms with Crippen molar-refractivity contribution in [2.24, 2.45) is 5.10 Å². The molecule has 1 unspecified atom stereocenters. The van der Waals surface area contributed by atoms with Gasteiger partial charge in [0.15, 0.2) is 5.66 Å². The van der Waals surface area contributed by atoms with Crippen LogP contribution in [0.25, 0.3) is 22.0 Å². The van der Waals surface area contributed by atoms with Crippen LogP contribution in [0.5, 0.6) is 0 Å². The summed E-state index contributed by atoms with van der Waals surface area (Å²) in [6.45, 7) is 11.6. The van der Waals surface area contributed by atoms with Crippen molar-refractivity contribution in [2.75, 3.05) is 16.0 Å². The molecule has 3 heterocycles. The molecule has 0 amide bonds. The van der Waals surface area contributed by atoms with Gasteiger partial charge < -0.3 is 5.32 Å². The summed E-state index contributed by atoms with van der Waals surface area (Å²) >= 11 is 0. The van der Waals surface area contributed by atoms with Crippen LogP contribution >= 0.6 is 0 Å². The van der Waals surface area contributed by atoms with Gasteiger partial charge in [-0.2, -0.15) is 5.10 Å². The van der Waals surface area contributed by atoms with Gasteiger partial charge in [0.05, 0.1) is 28.2 Å². The number of hydrazone groups is 1. The van der Waals surface area contributed by atoms with E-state index in [1.165, 1.54) is 10.0 Å². The largest absolute Gasteiger partial charge is 0.372 e. The van der Waals surface area contributed by atoms with Gasteiger partial charge in [0.2, 0.25) is 10.0 Å². The second kappa shape index (κ2) is 6.72. The van der Waals surface area contributed by atoms with E-state index in [2.05, 4.69) is 20.7 Å². The van der Waals surface area contributed by atoms with Gasteiger partial charge in [0.1, 0.15) is 11.7 Å². The minimum Gasteiger partial charge on any atom is -0.372 e. The molecule has 0 fully saturated rings. The molecule has 2 aliphatic heterocycles. The van der Waals surface area contributed by atoms with E-state index in [4.69, 9.17) is 0 Å². The van der Waals surface area contributed by atoms with Crippen molar-refractivity contribution in [1.29, 1.82) is 0 Å². The predicted octanol–water partition coefficient (Wildman–Crippen LogP) is 4.86. The average molecular weight is 472 g/mol. The van der Waals surface area contributed by atoms with Crippen LogP contribution in [-0.4, -0.2) is 35.2 Å². The molecule has 176 valence electrons. The molecule has 1 atom stereocenters. The second-order valence-electron chi connectivity index (χ2n) is 9.43. The lowest BCUT2D eigenvalue weighted by atomic mass is 9.82. The Morgan fingerprint density at radius 1 is 1.15 bits per heavy atom. The summed E-state index contributed by atoms with van der Waals surface area (Å²) in [5, 5.41) is 8.62. The van der Waals surface area contributed by atoms with Crippen molar-refractivity contribution in [3.05, 3.63) is 47.9 Å². The zero-order valence-corrected chi connectivity index (χ0v) is 20.4. The molecular formula is C24H30FN5O2S. The van der Waals surface area contributed by atoms with E-state index >= 15 is 4.39 Å². The van der Waals surface area contributed by atoms with Crippen LogP contribution in [-0.2, 0) is 10.0 Å². The topological polar surface area (TPSA) is 78.7 Å². The van der Waals surface area contributed by atoms with Crippen LogP contribution in [0.3, 0.4) is 0 Å². The summed E-state index contributed by atoms with van der Waals surface area (Å²) in [7, 11) is -3.45. The smallest absolute Gasteiger partial charge is 0.238 e. The van der Waals surface area contributed by atoms with Crippen LogP contribution in [0.2, 0.25) is 0 Å². The molecule has 0 spiro atoms. The molecule has 0 saturated carbocycles. The highest BCUT2D eigenvalue weighted by molar-refractivity contribution is 7.90. The van der Waals surface area contributed by atoms with Crippen molar-refractivity contribution < 1.29 is 14.2 Å². The molecule has 3 aromatic rings.